The summed E-state index contributed by atoms with van der Waals surface area (Å²) in [5.41, 5.74) is 7.62. The number of benzene rings is 3. The zero-order valence-electron chi connectivity index (χ0n) is 17.2. The third-order valence-electron chi connectivity index (χ3n) is 5.50. The number of carbonyl (C=O) groups is 1. The van der Waals surface area contributed by atoms with Crippen molar-refractivity contribution in [2.24, 2.45) is 0 Å². The zero-order chi connectivity index (χ0) is 23.8. The van der Waals surface area contributed by atoms with E-state index in [1.54, 1.807) is 18.2 Å². The fourth-order valence-electron chi connectivity index (χ4n) is 3.96. The van der Waals surface area contributed by atoms with Gasteiger partial charge in [-0.05, 0) is 53.4 Å². The SMILES string of the molecule is Nc1cc(Cl)c(Oc2ccc3c(c2)CCN(Cc2cccc(C(F)(F)F)c2)C3C=O)c(Cl)c1. The maximum Gasteiger partial charge on any atom is 0.416 e. The van der Waals surface area contributed by atoms with Crippen LogP contribution in [0.5, 0.6) is 11.5 Å². The predicted molar refractivity (Wildman–Crippen MR) is 122 cm³/mol. The Morgan fingerprint density at radius 2 is 1.82 bits per heavy atom. The van der Waals surface area contributed by atoms with Crippen LogP contribution in [0.2, 0.25) is 10.0 Å². The van der Waals surface area contributed by atoms with E-state index in [1.807, 2.05) is 11.0 Å². The molecule has 0 spiro atoms. The van der Waals surface area contributed by atoms with Gasteiger partial charge >= 0.3 is 6.18 Å². The molecule has 3 aromatic carbocycles. The summed E-state index contributed by atoms with van der Waals surface area (Å²) in [5.74, 6) is 0.778. The van der Waals surface area contributed by atoms with Crippen molar-refractivity contribution in [1.29, 1.82) is 0 Å². The number of rotatable bonds is 5. The summed E-state index contributed by atoms with van der Waals surface area (Å²) in [7, 11) is 0. The van der Waals surface area contributed by atoms with Crippen LogP contribution >= 0.6 is 23.2 Å². The van der Waals surface area contributed by atoms with Crippen molar-refractivity contribution in [2.75, 3.05) is 12.3 Å². The van der Waals surface area contributed by atoms with Crippen LogP contribution in [0.25, 0.3) is 0 Å². The number of alkyl halides is 3. The normalized spacial score (nSPS) is 16.3. The van der Waals surface area contributed by atoms with Crippen LogP contribution in [0.4, 0.5) is 18.9 Å². The van der Waals surface area contributed by atoms with Gasteiger partial charge < -0.3 is 15.3 Å². The molecule has 4 rings (SSSR count). The predicted octanol–water partition coefficient (Wildman–Crippen LogP) is 6.69. The van der Waals surface area contributed by atoms with Gasteiger partial charge in [0.2, 0.25) is 0 Å². The van der Waals surface area contributed by atoms with Crippen LogP contribution < -0.4 is 10.5 Å². The molecular weight excluding hydrogens is 476 g/mol. The number of nitrogens with two attached hydrogens (primary N) is 1. The summed E-state index contributed by atoms with van der Waals surface area (Å²) < 4.78 is 45.0. The summed E-state index contributed by atoms with van der Waals surface area (Å²) >= 11 is 12.4. The lowest BCUT2D eigenvalue weighted by molar-refractivity contribution is -0.137. The molecule has 0 bridgehead atoms. The highest BCUT2D eigenvalue weighted by Gasteiger charge is 2.31. The molecule has 0 saturated carbocycles. The van der Waals surface area contributed by atoms with Crippen molar-refractivity contribution in [3.05, 3.63) is 86.9 Å². The number of ether oxygens (including phenoxy) is 1. The Kier molecular flexibility index (Phi) is 6.56. The lowest BCUT2D eigenvalue weighted by Crippen LogP contribution is -2.35. The standard InChI is InChI=1S/C24H19Cl2F3N2O2/c25-20-10-17(30)11-21(26)23(20)33-18-4-5-19-15(9-18)6-7-31(22(19)13-32)12-14-2-1-3-16(8-14)24(27,28)29/h1-5,8-11,13,22H,6-7,12,30H2. The third-order valence-corrected chi connectivity index (χ3v) is 6.07. The van der Waals surface area contributed by atoms with E-state index in [9.17, 15) is 18.0 Å². The van der Waals surface area contributed by atoms with Gasteiger partial charge in [0.1, 0.15) is 12.0 Å². The Balaban J connectivity index is 1.56. The molecular formula is C24H19Cl2F3N2O2. The number of hydrogen-bond donors (Lipinski definition) is 1. The fraction of sp³-hybridized carbons (Fsp3) is 0.208. The van der Waals surface area contributed by atoms with Crippen molar-refractivity contribution in [3.63, 3.8) is 0 Å². The van der Waals surface area contributed by atoms with Crippen LogP contribution in [0.3, 0.4) is 0 Å². The number of fused-ring (bicyclic) bond motifs is 1. The first-order valence-electron chi connectivity index (χ1n) is 10.1. The van der Waals surface area contributed by atoms with Gasteiger partial charge in [-0.1, -0.05) is 47.5 Å². The molecule has 0 saturated heterocycles. The summed E-state index contributed by atoms with van der Waals surface area (Å²) in [6.45, 7) is 0.723. The fourth-order valence-corrected chi connectivity index (χ4v) is 4.54. The average molecular weight is 495 g/mol. The Morgan fingerprint density at radius 1 is 1.09 bits per heavy atom. The Bertz CT molecular complexity index is 1180. The van der Waals surface area contributed by atoms with Crippen molar-refractivity contribution in [3.8, 4) is 11.5 Å². The number of anilines is 1. The summed E-state index contributed by atoms with van der Waals surface area (Å²) in [6, 6.07) is 12.9. The van der Waals surface area contributed by atoms with E-state index < -0.39 is 17.8 Å². The van der Waals surface area contributed by atoms with E-state index in [1.165, 1.54) is 18.2 Å². The van der Waals surface area contributed by atoms with Gasteiger partial charge in [-0.3, -0.25) is 4.90 Å². The molecule has 2 N–H and O–H groups in total. The minimum absolute atomic E-state index is 0.224. The topological polar surface area (TPSA) is 55.6 Å². The van der Waals surface area contributed by atoms with Gasteiger partial charge in [0.05, 0.1) is 21.7 Å². The second-order valence-corrected chi connectivity index (χ2v) is 8.59. The van der Waals surface area contributed by atoms with Gasteiger partial charge in [-0.2, -0.15) is 13.2 Å². The van der Waals surface area contributed by atoms with E-state index >= 15 is 0 Å². The molecule has 1 heterocycles. The highest BCUT2D eigenvalue weighted by molar-refractivity contribution is 6.37. The lowest BCUT2D eigenvalue weighted by atomic mass is 9.92. The highest BCUT2D eigenvalue weighted by atomic mass is 35.5. The van der Waals surface area contributed by atoms with Crippen LogP contribution in [-0.2, 0) is 23.9 Å². The molecule has 1 aliphatic heterocycles. The molecule has 4 nitrogen and oxygen atoms in total. The molecule has 0 radical (unpaired) electrons. The molecule has 1 atom stereocenters. The smallest absolute Gasteiger partial charge is 0.416 e. The quantitative estimate of drug-likeness (QED) is 0.317. The first-order chi connectivity index (χ1) is 15.7. The second kappa shape index (κ2) is 9.25. The van der Waals surface area contributed by atoms with E-state index in [-0.39, 0.29) is 22.3 Å². The maximum atomic E-state index is 13.0. The molecule has 0 aliphatic carbocycles. The molecule has 172 valence electrons. The maximum absolute atomic E-state index is 13.0. The third kappa shape index (κ3) is 5.11. The van der Waals surface area contributed by atoms with Crippen molar-refractivity contribution in [2.45, 2.75) is 25.2 Å². The van der Waals surface area contributed by atoms with Crippen LogP contribution in [0.1, 0.15) is 28.3 Å². The highest BCUT2D eigenvalue weighted by Crippen LogP contribution is 2.40. The first kappa shape index (κ1) is 23.4. The largest absolute Gasteiger partial charge is 0.454 e. The van der Waals surface area contributed by atoms with Gasteiger partial charge in [-0.25, -0.2) is 0 Å². The monoisotopic (exact) mass is 494 g/mol. The Morgan fingerprint density at radius 3 is 2.48 bits per heavy atom. The number of nitrogen functional groups attached to an aromatic ring is 1. The number of nitrogens with zero attached hydrogens (tertiary/aromatic N) is 1. The van der Waals surface area contributed by atoms with E-state index in [4.69, 9.17) is 33.7 Å². The minimum Gasteiger partial charge on any atom is -0.454 e. The van der Waals surface area contributed by atoms with Gasteiger partial charge in [0, 0.05) is 18.8 Å². The van der Waals surface area contributed by atoms with Crippen molar-refractivity contribution < 1.29 is 22.7 Å². The number of hydrogen-bond acceptors (Lipinski definition) is 4. The van der Waals surface area contributed by atoms with Crippen LogP contribution in [-0.4, -0.2) is 17.7 Å². The molecule has 3 aromatic rings. The van der Waals surface area contributed by atoms with Crippen LogP contribution in [0.15, 0.2) is 54.6 Å². The van der Waals surface area contributed by atoms with Gasteiger partial charge in [-0.15, -0.1) is 0 Å². The van der Waals surface area contributed by atoms with E-state index in [0.717, 1.165) is 29.5 Å². The molecule has 0 aromatic heterocycles. The zero-order valence-corrected chi connectivity index (χ0v) is 18.7. The Hall–Kier alpha value is -2.74. The molecule has 33 heavy (non-hydrogen) atoms. The minimum atomic E-state index is -4.42. The number of halogens is 5. The van der Waals surface area contributed by atoms with E-state index in [2.05, 4.69) is 0 Å². The molecule has 0 amide bonds. The molecule has 0 fully saturated rings. The summed E-state index contributed by atoms with van der Waals surface area (Å²) in [6.07, 6.45) is -3.01. The number of carbonyl (C=O) groups excluding carboxylic acids is 1. The Labute approximate surface area is 198 Å². The molecule has 1 unspecified atom stereocenters. The summed E-state index contributed by atoms with van der Waals surface area (Å²) in [4.78, 5) is 13.8. The van der Waals surface area contributed by atoms with E-state index in [0.29, 0.717) is 30.0 Å². The number of aldehydes is 1. The molecule has 9 heteroatoms. The molecule has 1 aliphatic rings. The van der Waals surface area contributed by atoms with Crippen LogP contribution in [0, 0.1) is 0 Å². The van der Waals surface area contributed by atoms with Gasteiger partial charge in [0.25, 0.3) is 0 Å². The van der Waals surface area contributed by atoms with Crippen molar-refractivity contribution in [1.82, 2.24) is 4.90 Å². The van der Waals surface area contributed by atoms with Gasteiger partial charge in [0.15, 0.2) is 5.75 Å². The first-order valence-corrected chi connectivity index (χ1v) is 10.8. The van der Waals surface area contributed by atoms with Crippen molar-refractivity contribution >= 4 is 35.2 Å². The average Bonchev–Trinajstić information content (AvgIpc) is 2.75. The second-order valence-electron chi connectivity index (χ2n) is 7.78. The lowest BCUT2D eigenvalue weighted by Gasteiger charge is -2.34. The summed E-state index contributed by atoms with van der Waals surface area (Å²) in [5, 5.41) is 0.548.